The number of carbonyl (C=O) groups excluding carboxylic acids is 1. The zero-order valence-electron chi connectivity index (χ0n) is 9.80. The molecule has 1 amide bonds. The first-order valence-electron chi connectivity index (χ1n) is 5.52. The summed E-state index contributed by atoms with van der Waals surface area (Å²) in [5.41, 5.74) is 1.82. The molecule has 0 unspecified atom stereocenters. The Bertz CT molecular complexity index is 583. The maximum Gasteiger partial charge on any atom is 0.226 e. The summed E-state index contributed by atoms with van der Waals surface area (Å²) in [6, 6.07) is 3.87. The first-order valence-corrected chi connectivity index (χ1v) is 7.25. The minimum Gasteiger partial charge on any atom is -0.302 e. The van der Waals surface area contributed by atoms with Crippen LogP contribution in [0.15, 0.2) is 12.1 Å². The number of aromatic nitrogens is 1. The molecular formula is C12H12Cl2N2OS. The minimum absolute atomic E-state index is 0.0671. The summed E-state index contributed by atoms with van der Waals surface area (Å²) in [5.74, 6) is 0.417. The number of thiazole rings is 1. The van der Waals surface area contributed by atoms with E-state index in [4.69, 9.17) is 23.2 Å². The van der Waals surface area contributed by atoms with Gasteiger partial charge in [0.2, 0.25) is 5.91 Å². The third kappa shape index (κ3) is 3.13. The summed E-state index contributed by atoms with van der Waals surface area (Å²) in [6.07, 6.45) is 1.07. The molecule has 1 N–H and O–H groups in total. The van der Waals surface area contributed by atoms with Gasteiger partial charge in [0, 0.05) is 12.3 Å². The first kappa shape index (κ1) is 13.6. The largest absolute Gasteiger partial charge is 0.302 e. The number of hydrogen-bond donors (Lipinski definition) is 1. The molecule has 0 aliphatic carbocycles. The molecule has 1 heterocycles. The van der Waals surface area contributed by atoms with Crippen LogP contribution < -0.4 is 5.32 Å². The van der Waals surface area contributed by atoms with Crippen LogP contribution in [-0.4, -0.2) is 16.8 Å². The molecule has 2 rings (SSSR count). The second kappa shape index (κ2) is 5.87. The Morgan fingerprint density at radius 1 is 1.50 bits per heavy atom. The number of rotatable bonds is 4. The van der Waals surface area contributed by atoms with Crippen molar-refractivity contribution in [3.8, 4) is 0 Å². The van der Waals surface area contributed by atoms with Crippen molar-refractivity contribution in [3.05, 3.63) is 22.7 Å². The number of amides is 1. The Morgan fingerprint density at radius 3 is 3.00 bits per heavy atom. The van der Waals surface area contributed by atoms with Crippen molar-refractivity contribution in [1.29, 1.82) is 0 Å². The fourth-order valence-corrected chi connectivity index (χ4v) is 3.09. The Kier molecular flexibility index (Phi) is 4.43. The van der Waals surface area contributed by atoms with Gasteiger partial charge in [-0.1, -0.05) is 22.9 Å². The summed E-state index contributed by atoms with van der Waals surface area (Å²) < 4.78 is 0.979. The lowest BCUT2D eigenvalue weighted by Gasteiger charge is -1.98. The summed E-state index contributed by atoms with van der Waals surface area (Å²) in [6.45, 7) is 1.98. The number of nitrogens with one attached hydrogen (secondary N) is 1. The zero-order chi connectivity index (χ0) is 13.1. The van der Waals surface area contributed by atoms with Crippen molar-refractivity contribution < 1.29 is 4.79 Å². The van der Waals surface area contributed by atoms with E-state index in [0.717, 1.165) is 15.8 Å². The smallest absolute Gasteiger partial charge is 0.226 e. The van der Waals surface area contributed by atoms with Gasteiger partial charge in [-0.15, -0.1) is 11.6 Å². The predicted octanol–water partition coefficient (Wildman–Crippen LogP) is 4.22. The highest BCUT2D eigenvalue weighted by Gasteiger charge is 2.10. The summed E-state index contributed by atoms with van der Waals surface area (Å²) in [4.78, 5) is 15.9. The summed E-state index contributed by atoms with van der Waals surface area (Å²) in [7, 11) is 0. The molecule has 0 saturated carbocycles. The van der Waals surface area contributed by atoms with E-state index in [2.05, 4.69) is 10.3 Å². The molecule has 0 saturated heterocycles. The minimum atomic E-state index is -0.0671. The molecule has 6 heteroatoms. The zero-order valence-corrected chi connectivity index (χ0v) is 12.1. The molecule has 0 fully saturated rings. The number of halogens is 2. The third-order valence-corrected chi connectivity index (χ3v) is 3.85. The van der Waals surface area contributed by atoms with Crippen LogP contribution in [0.5, 0.6) is 0 Å². The van der Waals surface area contributed by atoms with Gasteiger partial charge in [0.15, 0.2) is 5.13 Å². The molecule has 0 bridgehead atoms. The number of alkyl halides is 1. The number of anilines is 1. The fourth-order valence-electron chi connectivity index (χ4n) is 1.58. The normalized spacial score (nSPS) is 10.8. The summed E-state index contributed by atoms with van der Waals surface area (Å²) in [5, 5.41) is 3.96. The predicted molar refractivity (Wildman–Crippen MR) is 78.0 cm³/mol. The van der Waals surface area contributed by atoms with E-state index in [1.165, 1.54) is 11.3 Å². The van der Waals surface area contributed by atoms with E-state index in [1.807, 2.05) is 19.1 Å². The van der Waals surface area contributed by atoms with E-state index in [1.54, 1.807) is 0 Å². The fraction of sp³-hybridized carbons (Fsp3) is 0.333. The van der Waals surface area contributed by atoms with Crippen LogP contribution in [0.3, 0.4) is 0 Å². The van der Waals surface area contributed by atoms with Gasteiger partial charge in [-0.25, -0.2) is 4.98 Å². The Balaban J connectivity index is 2.20. The van der Waals surface area contributed by atoms with Crippen LogP contribution in [0.4, 0.5) is 5.13 Å². The second-order valence-electron chi connectivity index (χ2n) is 3.95. The molecule has 0 aliphatic rings. The van der Waals surface area contributed by atoms with Crippen molar-refractivity contribution in [2.24, 2.45) is 0 Å². The highest BCUT2D eigenvalue weighted by molar-refractivity contribution is 7.22. The molecule has 3 nitrogen and oxygen atoms in total. The lowest BCUT2D eigenvalue weighted by Crippen LogP contribution is -2.10. The van der Waals surface area contributed by atoms with Gasteiger partial charge < -0.3 is 5.32 Å². The maximum atomic E-state index is 11.6. The number of hydrogen-bond acceptors (Lipinski definition) is 3. The number of aryl methyl sites for hydroxylation is 1. The van der Waals surface area contributed by atoms with Crippen molar-refractivity contribution in [3.63, 3.8) is 0 Å². The van der Waals surface area contributed by atoms with Gasteiger partial charge >= 0.3 is 0 Å². The van der Waals surface area contributed by atoms with E-state index < -0.39 is 0 Å². The monoisotopic (exact) mass is 302 g/mol. The van der Waals surface area contributed by atoms with E-state index in [-0.39, 0.29) is 5.91 Å². The van der Waals surface area contributed by atoms with E-state index >= 15 is 0 Å². The molecule has 2 aromatic rings. The van der Waals surface area contributed by atoms with E-state index in [0.29, 0.717) is 28.9 Å². The maximum absolute atomic E-state index is 11.6. The molecule has 96 valence electrons. The van der Waals surface area contributed by atoms with Crippen LogP contribution in [0.1, 0.15) is 18.4 Å². The van der Waals surface area contributed by atoms with Gasteiger partial charge in [0.1, 0.15) is 5.52 Å². The standard InChI is InChI=1S/C12H12Cl2N2OS/c1-7-5-8(14)11-9(6-7)18-12(16-11)15-10(17)3-2-4-13/h5-6H,2-4H2,1H3,(H,15,16,17). The molecule has 1 aromatic carbocycles. The quantitative estimate of drug-likeness (QED) is 0.859. The number of benzene rings is 1. The van der Waals surface area contributed by atoms with Crippen LogP contribution >= 0.6 is 34.5 Å². The van der Waals surface area contributed by atoms with Crippen LogP contribution in [0, 0.1) is 6.92 Å². The van der Waals surface area contributed by atoms with Crippen LogP contribution in [-0.2, 0) is 4.79 Å². The van der Waals surface area contributed by atoms with Crippen LogP contribution in [0.2, 0.25) is 5.02 Å². The Morgan fingerprint density at radius 2 is 2.28 bits per heavy atom. The van der Waals surface area contributed by atoms with E-state index in [9.17, 15) is 4.79 Å². The average molecular weight is 303 g/mol. The molecule has 18 heavy (non-hydrogen) atoms. The molecule has 0 spiro atoms. The lowest BCUT2D eigenvalue weighted by molar-refractivity contribution is -0.116. The van der Waals surface area contributed by atoms with Gasteiger partial charge in [-0.3, -0.25) is 4.79 Å². The summed E-state index contributed by atoms with van der Waals surface area (Å²) >= 11 is 13.1. The van der Waals surface area contributed by atoms with Gasteiger partial charge in [-0.2, -0.15) is 0 Å². The van der Waals surface area contributed by atoms with Crippen molar-refractivity contribution >= 4 is 55.8 Å². The van der Waals surface area contributed by atoms with Gasteiger partial charge in [0.05, 0.1) is 9.72 Å². The SMILES string of the molecule is Cc1cc(Cl)c2nc(NC(=O)CCCCl)sc2c1. The Labute approximate surface area is 119 Å². The highest BCUT2D eigenvalue weighted by Crippen LogP contribution is 2.32. The highest BCUT2D eigenvalue weighted by atomic mass is 35.5. The topological polar surface area (TPSA) is 42.0 Å². The molecular weight excluding hydrogens is 291 g/mol. The van der Waals surface area contributed by atoms with Gasteiger partial charge in [-0.05, 0) is 31.0 Å². The molecule has 1 aromatic heterocycles. The average Bonchev–Trinajstić information content (AvgIpc) is 2.69. The van der Waals surface area contributed by atoms with Gasteiger partial charge in [0.25, 0.3) is 0 Å². The van der Waals surface area contributed by atoms with Crippen LogP contribution in [0.25, 0.3) is 10.2 Å². The molecule has 0 atom stereocenters. The lowest BCUT2D eigenvalue weighted by atomic mass is 10.2. The second-order valence-corrected chi connectivity index (χ2v) is 5.77. The third-order valence-electron chi connectivity index (χ3n) is 2.38. The van der Waals surface area contributed by atoms with Crippen molar-refractivity contribution in [1.82, 2.24) is 4.98 Å². The molecule has 0 aliphatic heterocycles. The first-order chi connectivity index (χ1) is 8.60. The number of fused-ring (bicyclic) bond motifs is 1. The van der Waals surface area contributed by atoms with Crippen molar-refractivity contribution in [2.75, 3.05) is 11.2 Å². The molecule has 0 radical (unpaired) electrons. The number of nitrogens with zero attached hydrogens (tertiary/aromatic N) is 1. The number of carbonyl (C=O) groups is 1. The van der Waals surface area contributed by atoms with Crippen molar-refractivity contribution in [2.45, 2.75) is 19.8 Å². The Hall–Kier alpha value is -0.840.